The number of hydrogen-bond donors (Lipinski definition) is 1. The minimum atomic E-state index is -0.608. The quantitative estimate of drug-likeness (QED) is 0.929. The van der Waals surface area contributed by atoms with E-state index in [1.165, 1.54) is 6.33 Å². The van der Waals surface area contributed by atoms with E-state index in [0.717, 1.165) is 19.4 Å². The van der Waals surface area contributed by atoms with Crippen LogP contribution >= 0.6 is 0 Å². The fourth-order valence-electron chi connectivity index (χ4n) is 2.41. The van der Waals surface area contributed by atoms with Crippen molar-refractivity contribution in [3.8, 4) is 0 Å². The van der Waals surface area contributed by atoms with Gasteiger partial charge < -0.3 is 15.0 Å². The number of rotatable bonds is 3. The largest absolute Gasteiger partial charge is 0.444 e. The Hall–Kier alpha value is -1.92. The summed E-state index contributed by atoms with van der Waals surface area (Å²) in [5, 5.41) is 2.88. The number of halogens is 1. The van der Waals surface area contributed by atoms with Gasteiger partial charge in [-0.25, -0.2) is 19.2 Å². The molecule has 1 amide bonds. The summed E-state index contributed by atoms with van der Waals surface area (Å²) in [6.07, 6.45) is 2.77. The number of alkyl carbamates (subject to hydrolysis) is 1. The maximum atomic E-state index is 12.7. The smallest absolute Gasteiger partial charge is 0.407 e. The number of nitrogens with one attached hydrogen (secondary N) is 1. The van der Waals surface area contributed by atoms with Crippen LogP contribution in [0.4, 0.5) is 15.0 Å². The van der Waals surface area contributed by atoms with Gasteiger partial charge >= 0.3 is 6.09 Å². The predicted molar refractivity (Wildman–Crippen MR) is 81.4 cm³/mol. The van der Waals surface area contributed by atoms with Gasteiger partial charge in [-0.3, -0.25) is 0 Å². The van der Waals surface area contributed by atoms with Crippen molar-refractivity contribution >= 4 is 11.9 Å². The van der Waals surface area contributed by atoms with E-state index in [4.69, 9.17) is 4.74 Å². The predicted octanol–water partition coefficient (Wildman–Crippen LogP) is 2.44. The van der Waals surface area contributed by atoms with Gasteiger partial charge in [-0.1, -0.05) is 0 Å². The molecule has 1 aromatic heterocycles. The molecule has 1 aromatic rings. The molecule has 1 N–H and O–H groups in total. The molecule has 1 atom stereocenters. The first kappa shape index (κ1) is 16.5. The molecule has 1 unspecified atom stereocenters. The number of aromatic nitrogens is 2. The van der Waals surface area contributed by atoms with Crippen LogP contribution in [0.15, 0.2) is 12.4 Å². The zero-order valence-electron chi connectivity index (χ0n) is 13.3. The van der Waals surface area contributed by atoms with Crippen LogP contribution < -0.4 is 10.2 Å². The topological polar surface area (TPSA) is 67.3 Å². The molecular formula is C15H23FN4O2. The van der Waals surface area contributed by atoms with E-state index in [1.54, 1.807) is 6.07 Å². The Morgan fingerprint density at radius 3 is 2.95 bits per heavy atom. The number of carbonyl (C=O) groups excluding carboxylic acids is 1. The van der Waals surface area contributed by atoms with Crippen LogP contribution in [-0.4, -0.2) is 40.8 Å². The summed E-state index contributed by atoms with van der Waals surface area (Å²) in [6, 6.07) is 1.64. The van der Waals surface area contributed by atoms with E-state index in [2.05, 4.69) is 15.3 Å². The summed E-state index contributed by atoms with van der Waals surface area (Å²) in [6.45, 7) is 6.34. The fraction of sp³-hybridized carbons (Fsp3) is 0.667. The molecule has 1 aliphatic heterocycles. The molecule has 0 bridgehead atoms. The van der Waals surface area contributed by atoms with E-state index in [-0.39, 0.29) is 6.04 Å². The summed E-state index contributed by atoms with van der Waals surface area (Å²) in [5.41, 5.74) is -0.145. The van der Waals surface area contributed by atoms with Crippen LogP contribution in [0, 0.1) is 0 Å². The molecule has 6 nitrogen and oxygen atoms in total. The molecule has 122 valence electrons. The van der Waals surface area contributed by atoms with Crippen LogP contribution in [0.2, 0.25) is 0 Å². The Kier molecular flexibility index (Phi) is 5.15. The first-order valence-electron chi connectivity index (χ1n) is 7.49. The van der Waals surface area contributed by atoms with Crippen molar-refractivity contribution in [2.45, 2.75) is 51.9 Å². The van der Waals surface area contributed by atoms with E-state index >= 15 is 0 Å². The first-order valence-corrected chi connectivity index (χ1v) is 7.49. The molecule has 1 aliphatic rings. The molecule has 0 aromatic carbocycles. The third kappa shape index (κ3) is 4.82. The number of ether oxygens (including phenoxy) is 1. The standard InChI is InChI=1S/C15H23FN4O2/c1-15(2,3)22-14(21)19-11-5-4-6-20(9-11)13-7-12(8-16)17-10-18-13/h7,10-11H,4-6,8-9H2,1-3H3,(H,19,21). The van der Waals surface area contributed by atoms with Crippen LogP contribution in [0.1, 0.15) is 39.3 Å². The zero-order chi connectivity index (χ0) is 16.2. The molecule has 2 heterocycles. The molecule has 2 rings (SSSR count). The molecule has 22 heavy (non-hydrogen) atoms. The molecule has 0 aliphatic carbocycles. The molecule has 0 saturated carbocycles. The Bertz CT molecular complexity index is 519. The summed E-state index contributed by atoms with van der Waals surface area (Å²) in [4.78, 5) is 21.9. The van der Waals surface area contributed by atoms with Crippen LogP contribution in [0.3, 0.4) is 0 Å². The van der Waals surface area contributed by atoms with Crippen molar-refractivity contribution in [2.75, 3.05) is 18.0 Å². The van der Waals surface area contributed by atoms with Crippen LogP contribution in [0.25, 0.3) is 0 Å². The Balaban J connectivity index is 1.95. The second-order valence-electron chi connectivity index (χ2n) is 6.43. The fourth-order valence-corrected chi connectivity index (χ4v) is 2.41. The summed E-state index contributed by atoms with van der Waals surface area (Å²) >= 11 is 0. The first-order chi connectivity index (χ1) is 10.4. The lowest BCUT2D eigenvalue weighted by molar-refractivity contribution is 0.0500. The highest BCUT2D eigenvalue weighted by Crippen LogP contribution is 2.19. The van der Waals surface area contributed by atoms with Gasteiger partial charge in [-0.05, 0) is 33.6 Å². The van der Waals surface area contributed by atoms with E-state index < -0.39 is 18.4 Å². The average Bonchev–Trinajstić information content (AvgIpc) is 2.45. The van der Waals surface area contributed by atoms with Gasteiger partial charge in [0, 0.05) is 25.2 Å². The van der Waals surface area contributed by atoms with Gasteiger partial charge in [0.2, 0.25) is 0 Å². The molecule has 1 fully saturated rings. The van der Waals surface area contributed by atoms with Crippen molar-refractivity contribution in [3.05, 3.63) is 18.1 Å². The molecule has 7 heteroatoms. The SMILES string of the molecule is CC(C)(C)OC(=O)NC1CCCN(c2cc(CF)ncn2)C1. The van der Waals surface area contributed by atoms with Crippen LogP contribution in [0.5, 0.6) is 0 Å². The number of amides is 1. The van der Waals surface area contributed by atoms with Gasteiger partial charge in [-0.15, -0.1) is 0 Å². The maximum absolute atomic E-state index is 12.7. The molecular weight excluding hydrogens is 287 g/mol. The highest BCUT2D eigenvalue weighted by molar-refractivity contribution is 5.68. The lowest BCUT2D eigenvalue weighted by Crippen LogP contribution is -2.49. The van der Waals surface area contributed by atoms with Crippen LogP contribution in [-0.2, 0) is 11.4 Å². The Morgan fingerprint density at radius 1 is 1.50 bits per heavy atom. The van der Waals surface area contributed by atoms with Gasteiger partial charge in [0.15, 0.2) is 0 Å². The molecule has 0 spiro atoms. The minimum Gasteiger partial charge on any atom is -0.444 e. The number of alkyl halides is 1. The van der Waals surface area contributed by atoms with E-state index in [9.17, 15) is 9.18 Å². The normalized spacial score (nSPS) is 18.9. The van der Waals surface area contributed by atoms with Crippen molar-refractivity contribution < 1.29 is 13.9 Å². The number of nitrogens with zero attached hydrogens (tertiary/aromatic N) is 3. The lowest BCUT2D eigenvalue weighted by atomic mass is 10.1. The van der Waals surface area contributed by atoms with E-state index in [0.29, 0.717) is 18.1 Å². The summed E-state index contributed by atoms with van der Waals surface area (Å²) in [5.74, 6) is 0.693. The Morgan fingerprint density at radius 2 is 2.27 bits per heavy atom. The van der Waals surface area contributed by atoms with Gasteiger partial charge in [0.25, 0.3) is 0 Å². The monoisotopic (exact) mass is 310 g/mol. The number of anilines is 1. The van der Waals surface area contributed by atoms with Gasteiger partial charge in [0.05, 0.1) is 5.69 Å². The second kappa shape index (κ2) is 6.89. The zero-order valence-corrected chi connectivity index (χ0v) is 13.3. The average molecular weight is 310 g/mol. The third-order valence-electron chi connectivity index (χ3n) is 3.31. The summed E-state index contributed by atoms with van der Waals surface area (Å²) in [7, 11) is 0. The molecule has 0 radical (unpaired) electrons. The number of hydrogen-bond acceptors (Lipinski definition) is 5. The maximum Gasteiger partial charge on any atom is 0.407 e. The van der Waals surface area contributed by atoms with Crippen molar-refractivity contribution in [1.29, 1.82) is 0 Å². The van der Waals surface area contributed by atoms with Crippen molar-refractivity contribution in [2.24, 2.45) is 0 Å². The highest BCUT2D eigenvalue weighted by Gasteiger charge is 2.25. The Labute approximate surface area is 130 Å². The lowest BCUT2D eigenvalue weighted by Gasteiger charge is -2.34. The summed E-state index contributed by atoms with van der Waals surface area (Å²) < 4.78 is 18.0. The second-order valence-corrected chi connectivity index (χ2v) is 6.43. The highest BCUT2D eigenvalue weighted by atomic mass is 19.1. The van der Waals surface area contributed by atoms with Crippen molar-refractivity contribution in [1.82, 2.24) is 15.3 Å². The van der Waals surface area contributed by atoms with E-state index in [1.807, 2.05) is 25.7 Å². The third-order valence-corrected chi connectivity index (χ3v) is 3.31. The van der Waals surface area contributed by atoms with Gasteiger partial charge in [0.1, 0.15) is 24.4 Å². The van der Waals surface area contributed by atoms with Gasteiger partial charge in [-0.2, -0.15) is 0 Å². The molecule has 1 saturated heterocycles. The minimum absolute atomic E-state index is 0.00704. The number of carbonyl (C=O) groups is 1. The number of piperidine rings is 1. The van der Waals surface area contributed by atoms with Crippen molar-refractivity contribution in [3.63, 3.8) is 0 Å².